The molecule has 0 bridgehead atoms. The van der Waals surface area contributed by atoms with E-state index in [1.807, 2.05) is 7.05 Å². The fourth-order valence-electron chi connectivity index (χ4n) is 2.14. The highest BCUT2D eigenvalue weighted by molar-refractivity contribution is 8.93. The van der Waals surface area contributed by atoms with Gasteiger partial charge in [0.15, 0.2) is 0 Å². The monoisotopic (exact) mass is 307 g/mol. The summed E-state index contributed by atoms with van der Waals surface area (Å²) >= 11 is 0. The highest BCUT2D eigenvalue weighted by Crippen LogP contribution is 2.11. The molecule has 0 aromatic heterocycles. The van der Waals surface area contributed by atoms with E-state index in [0.29, 0.717) is 0 Å². The predicted molar refractivity (Wildman–Crippen MR) is 85.3 cm³/mol. The van der Waals surface area contributed by atoms with Crippen LogP contribution in [0.2, 0.25) is 0 Å². The van der Waals surface area contributed by atoms with Crippen LogP contribution in [0.5, 0.6) is 0 Å². The molecule has 17 heavy (non-hydrogen) atoms. The van der Waals surface area contributed by atoms with Crippen molar-refractivity contribution in [1.82, 2.24) is 5.32 Å². The van der Waals surface area contributed by atoms with Crippen LogP contribution in [0, 0.1) is 0 Å². The maximum atomic E-state index is 3.20. The third kappa shape index (κ3) is 19.0. The molecular weight excluding hydrogens is 274 g/mol. The summed E-state index contributed by atoms with van der Waals surface area (Å²) in [5.41, 5.74) is 0. The molecule has 0 rings (SSSR count). The van der Waals surface area contributed by atoms with Crippen molar-refractivity contribution in [2.24, 2.45) is 0 Å². The van der Waals surface area contributed by atoms with Gasteiger partial charge in [-0.1, -0.05) is 77.6 Å². The average molecular weight is 308 g/mol. The normalized spacial score (nSPS) is 10.2. The molecule has 0 heterocycles. The van der Waals surface area contributed by atoms with Gasteiger partial charge in [0.25, 0.3) is 0 Å². The minimum Gasteiger partial charge on any atom is -0.320 e. The van der Waals surface area contributed by atoms with Crippen LogP contribution in [0.3, 0.4) is 0 Å². The minimum absolute atomic E-state index is 0. The predicted octanol–water partition coefficient (Wildman–Crippen LogP) is 5.48. The van der Waals surface area contributed by atoms with Crippen LogP contribution in [0.15, 0.2) is 0 Å². The van der Waals surface area contributed by atoms with Gasteiger partial charge in [0.1, 0.15) is 0 Å². The molecule has 0 aliphatic carbocycles. The van der Waals surface area contributed by atoms with Gasteiger partial charge in [-0.25, -0.2) is 0 Å². The lowest BCUT2D eigenvalue weighted by Gasteiger charge is -2.02. The van der Waals surface area contributed by atoms with Crippen molar-refractivity contribution in [3.63, 3.8) is 0 Å². The first-order chi connectivity index (χ1) is 7.91. The van der Waals surface area contributed by atoms with Crippen LogP contribution in [0.25, 0.3) is 0 Å². The second-order valence-corrected chi connectivity index (χ2v) is 4.99. The molecular formula is C15H34BrN. The summed E-state index contributed by atoms with van der Waals surface area (Å²) in [6.45, 7) is 3.48. The van der Waals surface area contributed by atoms with E-state index in [4.69, 9.17) is 0 Å². The molecule has 0 amide bonds. The Morgan fingerprint density at radius 2 is 0.941 bits per heavy atom. The van der Waals surface area contributed by atoms with E-state index >= 15 is 0 Å². The van der Waals surface area contributed by atoms with Gasteiger partial charge in [-0.05, 0) is 20.0 Å². The molecule has 2 heteroatoms. The molecule has 0 aliphatic rings. The zero-order chi connectivity index (χ0) is 11.9. The molecule has 106 valence electrons. The number of hydrogen-bond donors (Lipinski definition) is 1. The molecule has 0 saturated heterocycles. The molecule has 0 aromatic rings. The molecule has 1 N–H and O–H groups in total. The fraction of sp³-hybridized carbons (Fsp3) is 1.00. The maximum Gasteiger partial charge on any atom is -0.00519 e. The van der Waals surface area contributed by atoms with E-state index in [1.165, 1.54) is 83.6 Å². The first kappa shape index (κ1) is 19.8. The third-order valence-electron chi connectivity index (χ3n) is 3.28. The maximum absolute atomic E-state index is 3.20. The molecule has 1 nitrogen and oxygen atoms in total. The smallest absolute Gasteiger partial charge is 0.00519 e. The summed E-state index contributed by atoms with van der Waals surface area (Å²) in [5, 5.41) is 3.20. The van der Waals surface area contributed by atoms with E-state index in [1.54, 1.807) is 0 Å². The van der Waals surface area contributed by atoms with Gasteiger partial charge in [0, 0.05) is 0 Å². The van der Waals surface area contributed by atoms with E-state index in [9.17, 15) is 0 Å². The Labute approximate surface area is 120 Å². The van der Waals surface area contributed by atoms with Gasteiger partial charge in [-0.2, -0.15) is 0 Å². The summed E-state index contributed by atoms with van der Waals surface area (Å²) in [7, 11) is 2.04. The van der Waals surface area contributed by atoms with Crippen LogP contribution in [-0.4, -0.2) is 13.6 Å². The third-order valence-corrected chi connectivity index (χ3v) is 3.28. The van der Waals surface area contributed by atoms with Crippen LogP contribution >= 0.6 is 17.0 Å². The summed E-state index contributed by atoms with van der Waals surface area (Å²) in [5.74, 6) is 0. The van der Waals surface area contributed by atoms with Gasteiger partial charge in [-0.3, -0.25) is 0 Å². The first-order valence-corrected chi connectivity index (χ1v) is 7.56. The highest BCUT2D eigenvalue weighted by Gasteiger charge is 1.92. The molecule has 0 saturated carbocycles. The van der Waals surface area contributed by atoms with Gasteiger partial charge < -0.3 is 5.32 Å². The second-order valence-electron chi connectivity index (χ2n) is 4.99. The Morgan fingerprint density at radius 1 is 0.588 bits per heavy atom. The first-order valence-electron chi connectivity index (χ1n) is 7.56. The second kappa shape index (κ2) is 18.8. The Hall–Kier alpha value is 0.440. The highest BCUT2D eigenvalue weighted by atomic mass is 79.9. The number of halogens is 1. The van der Waals surface area contributed by atoms with Gasteiger partial charge >= 0.3 is 0 Å². The van der Waals surface area contributed by atoms with Crippen LogP contribution in [0.4, 0.5) is 0 Å². The molecule has 0 aromatic carbocycles. The summed E-state index contributed by atoms with van der Waals surface area (Å²) in [6, 6.07) is 0. The lowest BCUT2D eigenvalue weighted by atomic mass is 10.1. The molecule has 0 atom stereocenters. The summed E-state index contributed by atoms with van der Waals surface area (Å²) in [6.07, 6.45) is 17.3. The van der Waals surface area contributed by atoms with E-state index in [-0.39, 0.29) is 17.0 Å². The standard InChI is InChI=1S/C15H33N.BrH/c1-3-4-5-6-7-8-9-10-11-12-13-14-15-16-2;/h16H,3-15H2,1-2H3;1H. The topological polar surface area (TPSA) is 12.0 Å². The number of hydrogen-bond acceptors (Lipinski definition) is 1. The summed E-state index contributed by atoms with van der Waals surface area (Å²) in [4.78, 5) is 0. The van der Waals surface area contributed by atoms with E-state index in [2.05, 4.69) is 12.2 Å². The van der Waals surface area contributed by atoms with Crippen molar-refractivity contribution >= 4 is 17.0 Å². The molecule has 0 aliphatic heterocycles. The summed E-state index contributed by atoms with van der Waals surface area (Å²) < 4.78 is 0. The SMILES string of the molecule is Br.CCCCCCCCCCCCCCNC. The molecule has 0 unspecified atom stereocenters. The molecule has 0 spiro atoms. The minimum atomic E-state index is 0. The lowest BCUT2D eigenvalue weighted by Crippen LogP contribution is -2.06. The number of nitrogens with one attached hydrogen (secondary N) is 1. The zero-order valence-electron chi connectivity index (χ0n) is 12.1. The lowest BCUT2D eigenvalue weighted by molar-refractivity contribution is 0.541. The largest absolute Gasteiger partial charge is 0.320 e. The Bertz CT molecular complexity index is 103. The van der Waals surface area contributed by atoms with Crippen LogP contribution in [0.1, 0.15) is 84.0 Å². The Morgan fingerprint density at radius 3 is 1.29 bits per heavy atom. The van der Waals surface area contributed by atoms with Crippen molar-refractivity contribution < 1.29 is 0 Å². The van der Waals surface area contributed by atoms with Crippen molar-refractivity contribution in [1.29, 1.82) is 0 Å². The molecule has 0 fully saturated rings. The van der Waals surface area contributed by atoms with Gasteiger partial charge in [0.05, 0.1) is 0 Å². The van der Waals surface area contributed by atoms with Gasteiger partial charge in [-0.15, -0.1) is 17.0 Å². The quantitative estimate of drug-likeness (QED) is 0.444. The Kier molecular flexibility index (Phi) is 21.9. The van der Waals surface area contributed by atoms with Crippen molar-refractivity contribution in [2.45, 2.75) is 84.0 Å². The van der Waals surface area contributed by atoms with E-state index in [0.717, 1.165) is 0 Å². The fourth-order valence-corrected chi connectivity index (χ4v) is 2.14. The van der Waals surface area contributed by atoms with Crippen molar-refractivity contribution in [3.8, 4) is 0 Å². The van der Waals surface area contributed by atoms with Gasteiger partial charge in [0.2, 0.25) is 0 Å². The van der Waals surface area contributed by atoms with Crippen LogP contribution < -0.4 is 5.32 Å². The Balaban J connectivity index is 0. The van der Waals surface area contributed by atoms with Crippen molar-refractivity contribution in [2.75, 3.05) is 13.6 Å². The zero-order valence-corrected chi connectivity index (χ0v) is 13.8. The van der Waals surface area contributed by atoms with Crippen LogP contribution in [-0.2, 0) is 0 Å². The number of rotatable bonds is 13. The van der Waals surface area contributed by atoms with E-state index < -0.39 is 0 Å². The average Bonchev–Trinajstić information content (AvgIpc) is 2.31. The van der Waals surface area contributed by atoms with Crippen molar-refractivity contribution in [3.05, 3.63) is 0 Å². The molecule has 0 radical (unpaired) electrons. The number of unbranched alkanes of at least 4 members (excludes halogenated alkanes) is 11.